The molecule has 86 valence electrons. The van der Waals surface area contributed by atoms with Crippen LogP contribution in [0.2, 0.25) is 0 Å². The number of phenolic OH excluding ortho intramolecular Hbond substituents is 1. The molecular formula is C13H17NO2. The summed E-state index contributed by atoms with van der Waals surface area (Å²) in [4.78, 5) is 13.2. The highest BCUT2D eigenvalue weighted by Crippen LogP contribution is 2.27. The Balaban J connectivity index is 2.09. The summed E-state index contributed by atoms with van der Waals surface area (Å²) >= 11 is 0. The van der Waals surface area contributed by atoms with Gasteiger partial charge in [-0.2, -0.15) is 0 Å². The van der Waals surface area contributed by atoms with E-state index in [-0.39, 0.29) is 5.91 Å². The molecule has 0 aliphatic carbocycles. The fraction of sp³-hybridized carbons (Fsp3) is 0.462. The van der Waals surface area contributed by atoms with E-state index < -0.39 is 0 Å². The molecule has 1 aliphatic rings. The monoisotopic (exact) mass is 219 g/mol. The Bertz CT molecular complexity index is 372. The molecule has 0 unspecified atom stereocenters. The van der Waals surface area contributed by atoms with Crippen LogP contribution in [0.3, 0.4) is 0 Å². The normalized spacial score (nSPS) is 20.8. The third kappa shape index (κ3) is 2.35. The van der Waals surface area contributed by atoms with Crippen molar-refractivity contribution < 1.29 is 9.90 Å². The smallest absolute Gasteiger partial charge is 0.219 e. The number of phenols is 1. The van der Waals surface area contributed by atoms with Gasteiger partial charge in [0.05, 0.1) is 0 Å². The average molecular weight is 219 g/mol. The first-order valence-corrected chi connectivity index (χ1v) is 5.71. The van der Waals surface area contributed by atoms with Crippen molar-refractivity contribution in [2.45, 2.75) is 25.7 Å². The van der Waals surface area contributed by atoms with Crippen LogP contribution in [-0.4, -0.2) is 29.0 Å². The Kier molecular flexibility index (Phi) is 3.13. The number of nitrogens with zero attached hydrogens (tertiary/aromatic N) is 1. The van der Waals surface area contributed by atoms with Crippen LogP contribution >= 0.6 is 0 Å². The summed E-state index contributed by atoms with van der Waals surface area (Å²) < 4.78 is 0. The van der Waals surface area contributed by atoms with Crippen LogP contribution in [0.1, 0.15) is 31.2 Å². The Morgan fingerprint density at radius 1 is 1.38 bits per heavy atom. The third-order valence-corrected chi connectivity index (χ3v) is 3.23. The molecular weight excluding hydrogens is 202 g/mol. The minimum Gasteiger partial charge on any atom is -0.508 e. The van der Waals surface area contributed by atoms with Gasteiger partial charge in [0.15, 0.2) is 0 Å². The van der Waals surface area contributed by atoms with Gasteiger partial charge >= 0.3 is 0 Å². The fourth-order valence-electron chi connectivity index (χ4n) is 2.28. The molecule has 1 atom stereocenters. The zero-order valence-electron chi connectivity index (χ0n) is 9.52. The van der Waals surface area contributed by atoms with Crippen LogP contribution in [0, 0.1) is 0 Å². The third-order valence-electron chi connectivity index (χ3n) is 3.23. The number of carbonyl (C=O) groups is 1. The van der Waals surface area contributed by atoms with Gasteiger partial charge in [0.2, 0.25) is 5.91 Å². The van der Waals surface area contributed by atoms with Gasteiger partial charge in [-0.3, -0.25) is 4.79 Å². The van der Waals surface area contributed by atoms with Gasteiger partial charge in [-0.25, -0.2) is 0 Å². The number of hydrogen-bond acceptors (Lipinski definition) is 2. The topological polar surface area (TPSA) is 40.5 Å². The van der Waals surface area contributed by atoms with E-state index in [0.717, 1.165) is 25.9 Å². The summed E-state index contributed by atoms with van der Waals surface area (Å²) in [6, 6.07) is 7.32. The van der Waals surface area contributed by atoms with Crippen molar-refractivity contribution in [3.8, 4) is 5.75 Å². The predicted octanol–water partition coefficient (Wildman–Crippen LogP) is 2.12. The first-order valence-electron chi connectivity index (χ1n) is 5.71. The molecule has 3 heteroatoms. The highest BCUT2D eigenvalue weighted by Gasteiger charge is 2.22. The van der Waals surface area contributed by atoms with Gasteiger partial charge in [0.1, 0.15) is 5.75 Å². The molecule has 0 saturated carbocycles. The molecule has 0 bridgehead atoms. The van der Waals surface area contributed by atoms with E-state index in [1.165, 1.54) is 5.56 Å². The summed E-state index contributed by atoms with van der Waals surface area (Å²) in [7, 11) is 0. The second kappa shape index (κ2) is 4.56. The van der Waals surface area contributed by atoms with Crippen LogP contribution in [0.5, 0.6) is 5.75 Å². The second-order valence-electron chi connectivity index (χ2n) is 4.40. The van der Waals surface area contributed by atoms with Crippen LogP contribution in [0.4, 0.5) is 0 Å². The average Bonchev–Trinajstić information content (AvgIpc) is 2.30. The summed E-state index contributed by atoms with van der Waals surface area (Å²) in [6.45, 7) is 3.31. The van der Waals surface area contributed by atoms with E-state index in [1.54, 1.807) is 19.1 Å². The van der Waals surface area contributed by atoms with Crippen LogP contribution in [0.15, 0.2) is 24.3 Å². The summed E-state index contributed by atoms with van der Waals surface area (Å²) in [5, 5.41) is 9.23. The minimum atomic E-state index is 0.156. The van der Waals surface area contributed by atoms with Crippen LogP contribution in [0.25, 0.3) is 0 Å². The molecule has 1 amide bonds. The number of piperidine rings is 1. The molecule has 1 aliphatic heterocycles. The molecule has 2 rings (SSSR count). The number of likely N-dealkylation sites (tertiary alicyclic amines) is 1. The van der Waals surface area contributed by atoms with Crippen LogP contribution < -0.4 is 0 Å². The molecule has 16 heavy (non-hydrogen) atoms. The van der Waals surface area contributed by atoms with Crippen molar-refractivity contribution in [3.63, 3.8) is 0 Å². The summed E-state index contributed by atoms with van der Waals surface area (Å²) in [5.41, 5.74) is 1.21. The Morgan fingerprint density at radius 2 is 2.06 bits per heavy atom. The molecule has 1 saturated heterocycles. The van der Waals surface area contributed by atoms with Crippen molar-refractivity contribution in [1.29, 1.82) is 0 Å². The van der Waals surface area contributed by atoms with Gasteiger partial charge in [-0.1, -0.05) is 12.1 Å². The Morgan fingerprint density at radius 3 is 2.69 bits per heavy atom. The number of amides is 1. The first-order chi connectivity index (χ1) is 7.66. The molecule has 1 heterocycles. The molecule has 1 N–H and O–H groups in total. The van der Waals surface area contributed by atoms with E-state index in [9.17, 15) is 9.90 Å². The van der Waals surface area contributed by atoms with Crippen molar-refractivity contribution in [2.75, 3.05) is 13.1 Å². The van der Waals surface area contributed by atoms with Gasteiger partial charge in [-0.05, 0) is 30.5 Å². The van der Waals surface area contributed by atoms with Crippen molar-refractivity contribution >= 4 is 5.91 Å². The van der Waals surface area contributed by atoms with Crippen LogP contribution in [-0.2, 0) is 4.79 Å². The Hall–Kier alpha value is -1.51. The second-order valence-corrected chi connectivity index (χ2v) is 4.40. The van der Waals surface area contributed by atoms with Crippen molar-refractivity contribution in [3.05, 3.63) is 29.8 Å². The lowest BCUT2D eigenvalue weighted by atomic mass is 9.90. The number of benzene rings is 1. The molecule has 1 aromatic rings. The van der Waals surface area contributed by atoms with E-state index >= 15 is 0 Å². The van der Waals surface area contributed by atoms with E-state index in [2.05, 4.69) is 0 Å². The lowest BCUT2D eigenvalue weighted by Crippen LogP contribution is -2.37. The molecule has 0 aromatic heterocycles. The van der Waals surface area contributed by atoms with E-state index in [0.29, 0.717) is 11.7 Å². The number of carbonyl (C=O) groups excluding carboxylic acids is 1. The molecule has 0 radical (unpaired) electrons. The fourth-order valence-corrected chi connectivity index (χ4v) is 2.28. The van der Waals surface area contributed by atoms with Gasteiger partial charge in [0.25, 0.3) is 0 Å². The number of hydrogen-bond donors (Lipinski definition) is 1. The quantitative estimate of drug-likeness (QED) is 0.786. The summed E-state index contributed by atoms with van der Waals surface area (Å²) in [5.74, 6) is 0.865. The predicted molar refractivity (Wildman–Crippen MR) is 62.3 cm³/mol. The maximum atomic E-state index is 11.3. The minimum absolute atomic E-state index is 0.156. The summed E-state index contributed by atoms with van der Waals surface area (Å²) in [6.07, 6.45) is 2.18. The van der Waals surface area contributed by atoms with Crippen molar-refractivity contribution in [2.24, 2.45) is 0 Å². The van der Waals surface area contributed by atoms with E-state index in [1.807, 2.05) is 17.0 Å². The highest BCUT2D eigenvalue weighted by atomic mass is 16.3. The molecule has 3 nitrogen and oxygen atoms in total. The van der Waals surface area contributed by atoms with Crippen molar-refractivity contribution in [1.82, 2.24) is 4.90 Å². The SMILES string of the molecule is CC(=O)N1CCC[C@@H](c2ccc(O)cc2)C1. The molecule has 1 aromatic carbocycles. The standard InChI is InChI=1S/C13H17NO2/c1-10(15)14-8-2-3-12(9-14)11-4-6-13(16)7-5-11/h4-7,12,16H,2-3,8-9H2,1H3/t12-/m1/s1. The Labute approximate surface area is 95.7 Å². The number of rotatable bonds is 1. The van der Waals surface area contributed by atoms with Gasteiger partial charge in [0, 0.05) is 25.9 Å². The molecule has 0 spiro atoms. The van der Waals surface area contributed by atoms with Gasteiger partial charge in [-0.15, -0.1) is 0 Å². The van der Waals surface area contributed by atoms with E-state index in [4.69, 9.17) is 0 Å². The maximum absolute atomic E-state index is 11.3. The first kappa shape index (κ1) is 11.0. The lowest BCUT2D eigenvalue weighted by Gasteiger charge is -2.32. The zero-order chi connectivity index (χ0) is 11.5. The number of aromatic hydroxyl groups is 1. The zero-order valence-corrected chi connectivity index (χ0v) is 9.52. The lowest BCUT2D eigenvalue weighted by molar-refractivity contribution is -0.130. The molecule has 1 fully saturated rings. The maximum Gasteiger partial charge on any atom is 0.219 e. The van der Waals surface area contributed by atoms with Gasteiger partial charge < -0.3 is 10.0 Å². The largest absolute Gasteiger partial charge is 0.508 e. The highest BCUT2D eigenvalue weighted by molar-refractivity contribution is 5.73.